The van der Waals surface area contributed by atoms with Crippen LogP contribution in [0.2, 0.25) is 0 Å². The van der Waals surface area contributed by atoms with E-state index >= 15 is 0 Å². The summed E-state index contributed by atoms with van der Waals surface area (Å²) < 4.78 is 10.6. The van der Waals surface area contributed by atoms with Gasteiger partial charge in [-0.1, -0.05) is 0 Å². The second-order valence-electron chi connectivity index (χ2n) is 6.36. The number of likely N-dealkylation sites (N-methyl/N-ethyl adjacent to an activating group) is 1. The lowest BCUT2D eigenvalue weighted by molar-refractivity contribution is -0.383. The zero-order valence-corrected chi connectivity index (χ0v) is 14.8. The molecule has 0 saturated heterocycles. The third kappa shape index (κ3) is 4.30. The molecule has 0 spiro atoms. The molecule has 1 aromatic carbocycles. The minimum Gasteiger partial charge on any atom is -0.461 e. The van der Waals surface area contributed by atoms with E-state index < -0.39 is 17.0 Å². The summed E-state index contributed by atoms with van der Waals surface area (Å²) >= 11 is 0. The Labute approximate surface area is 155 Å². The lowest BCUT2D eigenvalue weighted by Crippen LogP contribution is -2.36. The van der Waals surface area contributed by atoms with E-state index in [1.54, 1.807) is 6.07 Å². The minimum atomic E-state index is -0.779. The Balaban J connectivity index is 1.69. The van der Waals surface area contributed by atoms with E-state index in [0.29, 0.717) is 0 Å². The van der Waals surface area contributed by atoms with Gasteiger partial charge in [-0.15, -0.1) is 0 Å². The number of hydrogen-bond donors (Lipinski definition) is 0. The maximum absolute atomic E-state index is 12.3. The summed E-state index contributed by atoms with van der Waals surface area (Å²) in [6, 6.07) is 5.66. The van der Waals surface area contributed by atoms with Crippen LogP contribution in [0.4, 0.5) is 10.5 Å². The van der Waals surface area contributed by atoms with Gasteiger partial charge in [-0.2, -0.15) is 0 Å². The molecule has 142 valence electrons. The first-order valence-corrected chi connectivity index (χ1v) is 8.60. The van der Waals surface area contributed by atoms with Crippen molar-refractivity contribution in [2.24, 2.45) is 0 Å². The first-order valence-electron chi connectivity index (χ1n) is 8.60. The average molecular weight is 373 g/mol. The topological polar surface area (TPSA) is 112 Å². The molecule has 1 aromatic heterocycles. The lowest BCUT2D eigenvalue weighted by Gasteiger charge is -2.18. The largest absolute Gasteiger partial charge is 0.461 e. The molecule has 27 heavy (non-hydrogen) atoms. The molecule has 0 bridgehead atoms. The number of aromatic nitrogens is 1. The van der Waals surface area contributed by atoms with E-state index in [1.165, 1.54) is 31.4 Å². The van der Waals surface area contributed by atoms with Gasteiger partial charge in [0.15, 0.2) is 5.75 Å². The fraction of sp³-hybridized carbons (Fsp3) is 0.389. The molecule has 1 aliphatic rings. The molecule has 1 fully saturated rings. The Kier molecular flexibility index (Phi) is 5.49. The minimum absolute atomic E-state index is 0.0789. The quantitative estimate of drug-likeness (QED) is 0.450. The van der Waals surface area contributed by atoms with E-state index in [1.807, 2.05) is 0 Å². The molecule has 0 N–H and O–H groups in total. The zero-order valence-electron chi connectivity index (χ0n) is 14.8. The zero-order chi connectivity index (χ0) is 19.4. The Morgan fingerprint density at radius 1 is 1.30 bits per heavy atom. The van der Waals surface area contributed by atoms with E-state index in [0.717, 1.165) is 30.6 Å². The van der Waals surface area contributed by atoms with Gasteiger partial charge in [0, 0.05) is 19.3 Å². The van der Waals surface area contributed by atoms with Crippen LogP contribution in [-0.4, -0.2) is 46.6 Å². The van der Waals surface area contributed by atoms with Gasteiger partial charge in [-0.3, -0.25) is 24.8 Å². The number of hydrogen-bond acceptors (Lipinski definition) is 7. The van der Waals surface area contributed by atoms with Gasteiger partial charge in [0.25, 0.3) is 5.69 Å². The van der Waals surface area contributed by atoms with Crippen LogP contribution in [0.1, 0.15) is 25.7 Å². The summed E-state index contributed by atoms with van der Waals surface area (Å²) in [7, 11) is 1.42. The number of non-ortho nitro benzene ring substituents is 1. The lowest BCUT2D eigenvalue weighted by atomic mass is 10.1. The number of nitro benzene ring substituents is 1. The molecule has 0 aliphatic heterocycles. The summed E-state index contributed by atoms with van der Waals surface area (Å²) in [6.07, 6.45) is 4.36. The van der Waals surface area contributed by atoms with Crippen molar-refractivity contribution in [3.05, 3.63) is 40.6 Å². The first kappa shape index (κ1) is 18.6. The predicted octanol–water partition coefficient (Wildman–Crippen LogP) is 3.06. The third-order valence-electron chi connectivity index (χ3n) is 4.38. The second-order valence-corrected chi connectivity index (χ2v) is 6.36. The van der Waals surface area contributed by atoms with Crippen LogP contribution in [0.25, 0.3) is 10.9 Å². The molecule has 1 aliphatic carbocycles. The Hall–Kier alpha value is -3.23. The number of pyridine rings is 1. The van der Waals surface area contributed by atoms with Crippen molar-refractivity contribution in [3.8, 4) is 5.75 Å². The summed E-state index contributed by atoms with van der Waals surface area (Å²) in [5.74, 6) is -0.412. The van der Waals surface area contributed by atoms with Crippen molar-refractivity contribution in [2.45, 2.75) is 31.8 Å². The predicted molar refractivity (Wildman–Crippen MR) is 95.4 cm³/mol. The van der Waals surface area contributed by atoms with Crippen molar-refractivity contribution >= 4 is 28.7 Å². The highest BCUT2D eigenvalue weighted by molar-refractivity contribution is 5.93. The molecule has 0 unspecified atom stereocenters. The van der Waals surface area contributed by atoms with Gasteiger partial charge in [0.2, 0.25) is 0 Å². The van der Waals surface area contributed by atoms with Crippen LogP contribution in [0.5, 0.6) is 5.75 Å². The fourth-order valence-electron chi connectivity index (χ4n) is 3.03. The smallest absolute Gasteiger partial charge is 0.415 e. The number of benzene rings is 1. The van der Waals surface area contributed by atoms with Gasteiger partial charge in [0.05, 0.1) is 10.3 Å². The number of nitro groups is 1. The molecule has 3 rings (SSSR count). The normalized spacial score (nSPS) is 14.1. The molecule has 1 saturated carbocycles. The van der Waals surface area contributed by atoms with Crippen molar-refractivity contribution in [3.63, 3.8) is 0 Å². The van der Waals surface area contributed by atoms with Crippen LogP contribution in [0.3, 0.4) is 0 Å². The molecule has 9 heteroatoms. The number of amides is 1. The Bertz CT molecular complexity index is 879. The van der Waals surface area contributed by atoms with E-state index in [2.05, 4.69) is 4.98 Å². The third-order valence-corrected chi connectivity index (χ3v) is 4.38. The number of fused-ring (bicyclic) bond motifs is 1. The summed E-state index contributed by atoms with van der Waals surface area (Å²) in [4.78, 5) is 40.0. The molecule has 9 nitrogen and oxygen atoms in total. The standard InChI is InChI=1S/C18H19N3O6/c1-20(11-16(22)26-12-5-2-3-6-12)18(23)27-15-9-8-14(21(24)25)13-7-4-10-19-17(13)15/h4,7-10,12H,2-3,5-6,11H2,1H3. The van der Waals surface area contributed by atoms with Crippen LogP contribution in [0.15, 0.2) is 30.5 Å². The van der Waals surface area contributed by atoms with Crippen LogP contribution >= 0.6 is 0 Å². The number of ether oxygens (including phenoxy) is 2. The average Bonchev–Trinajstić information content (AvgIpc) is 3.14. The maximum atomic E-state index is 12.3. The Morgan fingerprint density at radius 3 is 2.74 bits per heavy atom. The van der Waals surface area contributed by atoms with Gasteiger partial charge >= 0.3 is 12.1 Å². The van der Waals surface area contributed by atoms with Gasteiger partial charge in [-0.25, -0.2) is 4.79 Å². The highest BCUT2D eigenvalue weighted by atomic mass is 16.6. The van der Waals surface area contributed by atoms with Gasteiger partial charge < -0.3 is 9.47 Å². The molecule has 1 amide bonds. The molecular weight excluding hydrogens is 354 g/mol. The number of nitrogens with zero attached hydrogens (tertiary/aromatic N) is 3. The Morgan fingerprint density at radius 2 is 2.04 bits per heavy atom. The number of carbonyl (C=O) groups excluding carboxylic acids is 2. The number of carbonyl (C=O) groups is 2. The fourth-order valence-corrected chi connectivity index (χ4v) is 3.03. The van der Waals surface area contributed by atoms with Crippen LogP contribution in [0, 0.1) is 10.1 Å². The van der Waals surface area contributed by atoms with E-state index in [9.17, 15) is 19.7 Å². The highest BCUT2D eigenvalue weighted by Gasteiger charge is 2.23. The van der Waals surface area contributed by atoms with Gasteiger partial charge in [-0.05, 0) is 43.9 Å². The number of esters is 1. The monoisotopic (exact) mass is 373 g/mol. The van der Waals surface area contributed by atoms with E-state index in [-0.39, 0.29) is 35.0 Å². The molecular formula is C18H19N3O6. The molecule has 0 atom stereocenters. The van der Waals surface area contributed by atoms with Crippen LogP contribution in [-0.2, 0) is 9.53 Å². The second kappa shape index (κ2) is 7.98. The summed E-state index contributed by atoms with van der Waals surface area (Å²) in [5.41, 5.74) is 0.0633. The summed E-state index contributed by atoms with van der Waals surface area (Å²) in [5, 5.41) is 11.4. The molecule has 0 radical (unpaired) electrons. The highest BCUT2D eigenvalue weighted by Crippen LogP contribution is 2.31. The van der Waals surface area contributed by atoms with E-state index in [4.69, 9.17) is 9.47 Å². The van der Waals surface area contributed by atoms with Gasteiger partial charge in [0.1, 0.15) is 18.2 Å². The maximum Gasteiger partial charge on any atom is 0.415 e. The summed E-state index contributed by atoms with van der Waals surface area (Å²) in [6.45, 7) is -0.242. The van der Waals surface area contributed by atoms with Crippen molar-refractivity contribution in [1.29, 1.82) is 0 Å². The number of rotatable bonds is 5. The first-order chi connectivity index (χ1) is 13.0. The SMILES string of the molecule is CN(CC(=O)OC1CCCC1)C(=O)Oc1ccc([N+](=O)[O-])c2cccnc12. The van der Waals surface area contributed by atoms with Crippen molar-refractivity contribution < 1.29 is 24.0 Å². The molecule has 1 heterocycles. The van der Waals surface area contributed by atoms with Crippen LogP contribution < -0.4 is 4.74 Å². The molecule has 2 aromatic rings. The van der Waals surface area contributed by atoms with Crippen molar-refractivity contribution in [1.82, 2.24) is 9.88 Å². The van der Waals surface area contributed by atoms with Crippen molar-refractivity contribution in [2.75, 3.05) is 13.6 Å².